The molecule has 2 aromatic rings. The first-order valence-corrected chi connectivity index (χ1v) is 6.34. The molecule has 0 amide bonds. The topological polar surface area (TPSA) is 42.0 Å². The zero-order valence-corrected chi connectivity index (χ0v) is 10.3. The average molecular weight is 254 g/mol. The molecule has 1 aliphatic rings. The van der Waals surface area contributed by atoms with Gasteiger partial charge in [-0.05, 0) is 24.3 Å². The molecule has 0 spiro atoms. The summed E-state index contributed by atoms with van der Waals surface area (Å²) in [6.07, 6.45) is 5.17. The Kier molecular flexibility index (Phi) is 2.86. The SMILES string of the molecule is O=C1/C(=C\Nc2cccnc2)Sc2ccccc21. The van der Waals surface area contributed by atoms with Crippen molar-refractivity contribution in [1.82, 2.24) is 4.98 Å². The molecule has 3 rings (SSSR count). The highest BCUT2D eigenvalue weighted by Gasteiger charge is 2.24. The van der Waals surface area contributed by atoms with Crippen LogP contribution in [0.1, 0.15) is 10.4 Å². The quantitative estimate of drug-likeness (QED) is 0.835. The molecule has 1 aromatic carbocycles. The minimum Gasteiger partial charge on any atom is -0.359 e. The minimum atomic E-state index is 0.0759. The van der Waals surface area contributed by atoms with E-state index in [1.54, 1.807) is 18.6 Å². The van der Waals surface area contributed by atoms with Gasteiger partial charge >= 0.3 is 0 Å². The third-order valence-electron chi connectivity index (χ3n) is 2.61. The fraction of sp³-hybridized carbons (Fsp3) is 0. The van der Waals surface area contributed by atoms with Gasteiger partial charge in [0.2, 0.25) is 5.78 Å². The van der Waals surface area contributed by atoms with E-state index in [-0.39, 0.29) is 5.78 Å². The van der Waals surface area contributed by atoms with Crippen molar-refractivity contribution >= 4 is 23.2 Å². The standard InChI is InChI=1S/C14H10N2OS/c17-14-11-5-1-2-6-12(11)18-13(14)9-16-10-4-3-7-15-8-10/h1-9,16H/b13-9+. The molecule has 0 saturated carbocycles. The summed E-state index contributed by atoms with van der Waals surface area (Å²) in [5, 5.41) is 3.09. The summed E-state index contributed by atoms with van der Waals surface area (Å²) in [6, 6.07) is 11.4. The fourth-order valence-electron chi connectivity index (χ4n) is 1.73. The van der Waals surface area contributed by atoms with E-state index in [1.165, 1.54) is 11.8 Å². The number of rotatable bonds is 2. The normalized spacial score (nSPS) is 15.8. The van der Waals surface area contributed by atoms with E-state index in [1.807, 2.05) is 36.4 Å². The van der Waals surface area contributed by atoms with Gasteiger partial charge in [-0.2, -0.15) is 0 Å². The number of nitrogens with zero attached hydrogens (tertiary/aromatic N) is 1. The van der Waals surface area contributed by atoms with E-state index in [4.69, 9.17) is 0 Å². The molecule has 0 fully saturated rings. The summed E-state index contributed by atoms with van der Waals surface area (Å²) in [5.74, 6) is 0.0759. The number of benzene rings is 1. The molecule has 0 atom stereocenters. The number of allylic oxidation sites excluding steroid dienone is 1. The number of hydrogen-bond acceptors (Lipinski definition) is 4. The number of pyridine rings is 1. The molecule has 4 heteroatoms. The van der Waals surface area contributed by atoms with E-state index in [0.29, 0.717) is 4.91 Å². The van der Waals surface area contributed by atoms with E-state index < -0.39 is 0 Å². The Hall–Kier alpha value is -2.07. The number of fused-ring (bicyclic) bond motifs is 1. The lowest BCUT2D eigenvalue weighted by atomic mass is 10.1. The van der Waals surface area contributed by atoms with Gasteiger partial charge in [0.05, 0.1) is 16.8 Å². The van der Waals surface area contributed by atoms with Crippen molar-refractivity contribution in [3.05, 3.63) is 65.5 Å². The summed E-state index contributed by atoms with van der Waals surface area (Å²) in [6.45, 7) is 0. The molecule has 18 heavy (non-hydrogen) atoms. The van der Waals surface area contributed by atoms with Gasteiger partial charge in [-0.25, -0.2) is 0 Å². The first-order chi connectivity index (χ1) is 8.84. The number of carbonyl (C=O) groups excluding carboxylic acids is 1. The van der Waals surface area contributed by atoms with Gasteiger partial charge < -0.3 is 5.32 Å². The Labute approximate surface area is 109 Å². The van der Waals surface area contributed by atoms with Crippen molar-refractivity contribution in [2.24, 2.45) is 0 Å². The number of Topliss-reactive ketones (excluding diaryl/α,β-unsaturated/α-hetero) is 1. The number of hydrogen-bond donors (Lipinski definition) is 1. The van der Waals surface area contributed by atoms with Gasteiger partial charge in [-0.15, -0.1) is 0 Å². The lowest BCUT2D eigenvalue weighted by Crippen LogP contribution is -1.97. The second-order valence-electron chi connectivity index (χ2n) is 3.82. The highest BCUT2D eigenvalue weighted by Crippen LogP contribution is 2.39. The number of ketones is 1. The Morgan fingerprint density at radius 1 is 1.17 bits per heavy atom. The monoisotopic (exact) mass is 254 g/mol. The summed E-state index contributed by atoms with van der Waals surface area (Å²) >= 11 is 1.49. The third kappa shape index (κ3) is 2.02. The second kappa shape index (κ2) is 4.66. The van der Waals surface area contributed by atoms with Gasteiger partial charge in [-0.1, -0.05) is 23.9 Å². The van der Waals surface area contributed by atoms with Crippen LogP contribution in [-0.2, 0) is 0 Å². The van der Waals surface area contributed by atoms with Crippen molar-refractivity contribution in [2.75, 3.05) is 5.32 Å². The molecule has 1 aliphatic heterocycles. The first kappa shape index (κ1) is 11.0. The summed E-state index contributed by atoms with van der Waals surface area (Å²) in [5.41, 5.74) is 1.65. The maximum absolute atomic E-state index is 12.1. The van der Waals surface area contributed by atoms with Crippen LogP contribution in [0.2, 0.25) is 0 Å². The summed E-state index contributed by atoms with van der Waals surface area (Å²) in [7, 11) is 0. The predicted octanol–water partition coefficient (Wildman–Crippen LogP) is 3.32. The minimum absolute atomic E-state index is 0.0759. The first-order valence-electron chi connectivity index (χ1n) is 5.53. The molecule has 3 nitrogen and oxygen atoms in total. The van der Waals surface area contributed by atoms with Gasteiger partial charge in [0.1, 0.15) is 0 Å². The van der Waals surface area contributed by atoms with Crippen molar-refractivity contribution in [2.45, 2.75) is 4.90 Å². The van der Waals surface area contributed by atoms with Crippen LogP contribution in [0.3, 0.4) is 0 Å². The van der Waals surface area contributed by atoms with Gasteiger partial charge in [-0.3, -0.25) is 9.78 Å². The zero-order chi connectivity index (χ0) is 12.4. The number of anilines is 1. The van der Waals surface area contributed by atoms with Crippen LogP contribution >= 0.6 is 11.8 Å². The summed E-state index contributed by atoms with van der Waals surface area (Å²) in [4.78, 5) is 17.8. The number of thioether (sulfide) groups is 1. The van der Waals surface area contributed by atoms with Crippen molar-refractivity contribution in [3.8, 4) is 0 Å². The maximum atomic E-state index is 12.1. The number of carbonyl (C=O) groups is 1. The second-order valence-corrected chi connectivity index (χ2v) is 4.91. The van der Waals surface area contributed by atoms with Gasteiger partial charge in [0.15, 0.2) is 0 Å². The van der Waals surface area contributed by atoms with Crippen LogP contribution in [0.25, 0.3) is 0 Å². The predicted molar refractivity (Wildman–Crippen MR) is 72.6 cm³/mol. The Balaban J connectivity index is 1.82. The Morgan fingerprint density at radius 3 is 2.83 bits per heavy atom. The van der Waals surface area contributed by atoms with Crippen molar-refractivity contribution in [1.29, 1.82) is 0 Å². The molecule has 88 valence electrons. The molecule has 0 saturated heterocycles. The lowest BCUT2D eigenvalue weighted by Gasteiger charge is -1.99. The highest BCUT2D eigenvalue weighted by molar-refractivity contribution is 8.04. The van der Waals surface area contributed by atoms with Crippen LogP contribution in [-0.4, -0.2) is 10.8 Å². The van der Waals surface area contributed by atoms with Gasteiger partial charge in [0, 0.05) is 22.9 Å². The Morgan fingerprint density at radius 2 is 2.06 bits per heavy atom. The molecular formula is C14H10N2OS. The van der Waals surface area contributed by atoms with Crippen molar-refractivity contribution in [3.63, 3.8) is 0 Å². The van der Waals surface area contributed by atoms with Gasteiger partial charge in [0.25, 0.3) is 0 Å². The summed E-state index contributed by atoms with van der Waals surface area (Å²) < 4.78 is 0. The zero-order valence-electron chi connectivity index (χ0n) is 9.46. The molecule has 0 unspecified atom stereocenters. The number of nitrogens with one attached hydrogen (secondary N) is 1. The molecular weight excluding hydrogens is 244 g/mol. The van der Waals surface area contributed by atoms with E-state index >= 15 is 0 Å². The molecule has 0 radical (unpaired) electrons. The maximum Gasteiger partial charge on any atom is 0.202 e. The molecule has 0 bridgehead atoms. The largest absolute Gasteiger partial charge is 0.359 e. The fourth-order valence-corrected chi connectivity index (χ4v) is 2.71. The van der Waals surface area contributed by atoms with E-state index in [2.05, 4.69) is 10.3 Å². The molecule has 1 aromatic heterocycles. The van der Waals surface area contributed by atoms with Crippen LogP contribution < -0.4 is 5.32 Å². The average Bonchev–Trinajstić information content (AvgIpc) is 2.75. The van der Waals surface area contributed by atoms with Crippen LogP contribution in [0.5, 0.6) is 0 Å². The Bertz CT molecular complexity index is 623. The highest BCUT2D eigenvalue weighted by atomic mass is 32.2. The molecule has 0 aliphatic carbocycles. The van der Waals surface area contributed by atoms with Crippen LogP contribution in [0, 0.1) is 0 Å². The third-order valence-corrected chi connectivity index (χ3v) is 3.71. The van der Waals surface area contributed by atoms with Crippen LogP contribution in [0.4, 0.5) is 5.69 Å². The van der Waals surface area contributed by atoms with Crippen LogP contribution in [0.15, 0.2) is 64.8 Å². The lowest BCUT2D eigenvalue weighted by molar-refractivity contribution is 0.104. The van der Waals surface area contributed by atoms with E-state index in [0.717, 1.165) is 16.1 Å². The number of aromatic nitrogens is 1. The van der Waals surface area contributed by atoms with Crippen molar-refractivity contribution < 1.29 is 4.79 Å². The smallest absolute Gasteiger partial charge is 0.202 e. The molecule has 2 heterocycles. The van der Waals surface area contributed by atoms with E-state index in [9.17, 15) is 4.79 Å². The molecule has 1 N–H and O–H groups in total.